The van der Waals surface area contributed by atoms with Gasteiger partial charge in [0.2, 0.25) is 0 Å². The van der Waals surface area contributed by atoms with Crippen LogP contribution in [-0.2, 0) is 0 Å². The lowest BCUT2D eigenvalue weighted by atomic mass is 9.98. The maximum Gasteiger partial charge on any atom is 0.251 e. The first-order chi connectivity index (χ1) is 8.16. The van der Waals surface area contributed by atoms with Crippen molar-refractivity contribution < 1.29 is 4.79 Å². The number of amides is 1. The summed E-state index contributed by atoms with van der Waals surface area (Å²) in [6.07, 6.45) is 3.86. The van der Waals surface area contributed by atoms with Crippen LogP contribution in [0.15, 0.2) is 28.7 Å². The molecule has 1 fully saturated rings. The topological polar surface area (TPSA) is 29.1 Å². The Morgan fingerprint density at radius 2 is 2.29 bits per heavy atom. The van der Waals surface area contributed by atoms with Gasteiger partial charge in [-0.3, -0.25) is 4.79 Å². The summed E-state index contributed by atoms with van der Waals surface area (Å²) in [6.45, 7) is 3.09. The Kier molecular flexibility index (Phi) is 4.21. The first-order valence-corrected chi connectivity index (χ1v) is 7.00. The van der Waals surface area contributed by atoms with E-state index in [0.29, 0.717) is 5.92 Å². The first kappa shape index (κ1) is 12.6. The number of carbonyl (C=O) groups excluding carboxylic acids is 1. The molecule has 1 aromatic rings. The van der Waals surface area contributed by atoms with Crippen molar-refractivity contribution in [1.29, 1.82) is 0 Å². The maximum atomic E-state index is 11.9. The van der Waals surface area contributed by atoms with E-state index in [-0.39, 0.29) is 5.91 Å². The van der Waals surface area contributed by atoms with Crippen LogP contribution in [0.4, 0.5) is 0 Å². The number of hydrogen-bond acceptors (Lipinski definition) is 1. The predicted octanol–water partition coefficient (Wildman–Crippen LogP) is 3.62. The van der Waals surface area contributed by atoms with E-state index in [1.54, 1.807) is 0 Å². The van der Waals surface area contributed by atoms with Crippen molar-refractivity contribution in [1.82, 2.24) is 5.32 Å². The average Bonchev–Trinajstić information content (AvgIpc) is 2.72. The molecule has 3 heteroatoms. The second kappa shape index (κ2) is 5.67. The highest BCUT2D eigenvalue weighted by molar-refractivity contribution is 9.10. The Balaban J connectivity index is 1.89. The van der Waals surface area contributed by atoms with Crippen LogP contribution in [0, 0.1) is 11.8 Å². The molecule has 1 saturated carbocycles. The molecule has 17 heavy (non-hydrogen) atoms. The molecule has 2 atom stereocenters. The zero-order chi connectivity index (χ0) is 12.3. The minimum absolute atomic E-state index is 0.0328. The summed E-state index contributed by atoms with van der Waals surface area (Å²) in [5.74, 6) is 1.44. The van der Waals surface area contributed by atoms with Gasteiger partial charge in [0, 0.05) is 16.6 Å². The number of nitrogens with one attached hydrogen (secondary N) is 1. The van der Waals surface area contributed by atoms with Gasteiger partial charge in [-0.15, -0.1) is 0 Å². The molecule has 2 unspecified atom stereocenters. The van der Waals surface area contributed by atoms with Crippen LogP contribution in [0.25, 0.3) is 0 Å². The van der Waals surface area contributed by atoms with E-state index in [2.05, 4.69) is 28.2 Å². The smallest absolute Gasteiger partial charge is 0.251 e. The van der Waals surface area contributed by atoms with Crippen molar-refractivity contribution in [2.75, 3.05) is 6.54 Å². The standard InChI is InChI=1S/C14H18BrNO/c1-10-4-2-6-12(10)9-16-14(17)11-5-3-7-13(15)8-11/h3,5,7-8,10,12H,2,4,6,9H2,1H3,(H,16,17). The van der Waals surface area contributed by atoms with Crippen molar-refractivity contribution in [2.24, 2.45) is 11.8 Å². The molecule has 1 amide bonds. The molecule has 1 aliphatic rings. The van der Waals surface area contributed by atoms with Crippen molar-refractivity contribution >= 4 is 21.8 Å². The van der Waals surface area contributed by atoms with Crippen molar-refractivity contribution in [3.63, 3.8) is 0 Å². The van der Waals surface area contributed by atoms with E-state index < -0.39 is 0 Å². The average molecular weight is 296 g/mol. The number of carbonyl (C=O) groups is 1. The minimum Gasteiger partial charge on any atom is -0.352 e. The van der Waals surface area contributed by atoms with Crippen molar-refractivity contribution in [3.8, 4) is 0 Å². The molecule has 0 aliphatic heterocycles. The van der Waals surface area contributed by atoms with Crippen LogP contribution in [0.3, 0.4) is 0 Å². The SMILES string of the molecule is CC1CCCC1CNC(=O)c1cccc(Br)c1. The third-order valence-corrected chi connectivity index (χ3v) is 4.14. The fourth-order valence-corrected chi connectivity index (χ4v) is 2.88. The fourth-order valence-electron chi connectivity index (χ4n) is 2.48. The lowest BCUT2D eigenvalue weighted by Gasteiger charge is -2.15. The molecule has 2 nitrogen and oxygen atoms in total. The molecule has 2 rings (SSSR count). The molecule has 92 valence electrons. The summed E-state index contributed by atoms with van der Waals surface area (Å²) >= 11 is 3.38. The molecule has 0 aromatic heterocycles. The molecule has 1 aromatic carbocycles. The van der Waals surface area contributed by atoms with Gasteiger partial charge in [0.05, 0.1) is 0 Å². The Bertz CT molecular complexity index is 405. The van der Waals surface area contributed by atoms with Gasteiger partial charge in [0.1, 0.15) is 0 Å². The predicted molar refractivity (Wildman–Crippen MR) is 73.0 cm³/mol. The minimum atomic E-state index is 0.0328. The van der Waals surface area contributed by atoms with Gasteiger partial charge in [0.25, 0.3) is 5.91 Å². The lowest BCUT2D eigenvalue weighted by Crippen LogP contribution is -2.30. The molecule has 0 bridgehead atoms. The highest BCUT2D eigenvalue weighted by Crippen LogP contribution is 2.30. The Morgan fingerprint density at radius 1 is 1.47 bits per heavy atom. The number of rotatable bonds is 3. The second-order valence-corrected chi connectivity index (χ2v) is 5.80. The molecule has 1 N–H and O–H groups in total. The van der Waals surface area contributed by atoms with Gasteiger partial charge < -0.3 is 5.32 Å². The van der Waals surface area contributed by atoms with E-state index in [0.717, 1.165) is 22.5 Å². The van der Waals surface area contributed by atoms with Gasteiger partial charge >= 0.3 is 0 Å². The highest BCUT2D eigenvalue weighted by Gasteiger charge is 2.23. The van der Waals surface area contributed by atoms with E-state index in [9.17, 15) is 4.79 Å². The summed E-state index contributed by atoms with van der Waals surface area (Å²) in [5.41, 5.74) is 0.727. The molecule has 0 radical (unpaired) electrons. The molecule has 0 heterocycles. The van der Waals surface area contributed by atoms with Crippen LogP contribution in [0.5, 0.6) is 0 Å². The zero-order valence-corrected chi connectivity index (χ0v) is 11.7. The molecular formula is C14H18BrNO. The van der Waals surface area contributed by atoms with E-state index in [1.807, 2.05) is 24.3 Å². The van der Waals surface area contributed by atoms with Crippen molar-refractivity contribution in [3.05, 3.63) is 34.3 Å². The van der Waals surface area contributed by atoms with Crippen LogP contribution >= 0.6 is 15.9 Å². The lowest BCUT2D eigenvalue weighted by molar-refractivity contribution is 0.0944. The summed E-state index contributed by atoms with van der Waals surface area (Å²) < 4.78 is 0.944. The summed E-state index contributed by atoms with van der Waals surface area (Å²) in [7, 11) is 0. The molecule has 0 saturated heterocycles. The van der Waals surface area contributed by atoms with Crippen LogP contribution in [0.2, 0.25) is 0 Å². The van der Waals surface area contributed by atoms with Crippen LogP contribution in [0.1, 0.15) is 36.5 Å². The number of benzene rings is 1. The normalized spacial score (nSPS) is 23.6. The maximum absolute atomic E-state index is 11.9. The Labute approximate surface area is 111 Å². The molecule has 1 aliphatic carbocycles. The highest BCUT2D eigenvalue weighted by atomic mass is 79.9. The van der Waals surface area contributed by atoms with E-state index in [1.165, 1.54) is 19.3 Å². The van der Waals surface area contributed by atoms with E-state index >= 15 is 0 Å². The van der Waals surface area contributed by atoms with Gasteiger partial charge in [-0.25, -0.2) is 0 Å². The van der Waals surface area contributed by atoms with Crippen LogP contribution in [-0.4, -0.2) is 12.5 Å². The number of halogens is 1. The number of hydrogen-bond donors (Lipinski definition) is 1. The van der Waals surface area contributed by atoms with Crippen LogP contribution < -0.4 is 5.32 Å². The van der Waals surface area contributed by atoms with Gasteiger partial charge in [0.15, 0.2) is 0 Å². The Hall–Kier alpha value is -0.830. The third kappa shape index (κ3) is 3.32. The fraction of sp³-hybridized carbons (Fsp3) is 0.500. The quantitative estimate of drug-likeness (QED) is 0.907. The second-order valence-electron chi connectivity index (χ2n) is 4.89. The largest absolute Gasteiger partial charge is 0.352 e. The summed E-state index contributed by atoms with van der Waals surface area (Å²) in [5, 5.41) is 3.04. The van der Waals surface area contributed by atoms with Gasteiger partial charge in [-0.1, -0.05) is 41.8 Å². The van der Waals surface area contributed by atoms with E-state index in [4.69, 9.17) is 0 Å². The van der Waals surface area contributed by atoms with Gasteiger partial charge in [-0.2, -0.15) is 0 Å². The zero-order valence-electron chi connectivity index (χ0n) is 10.1. The Morgan fingerprint density at radius 3 is 2.94 bits per heavy atom. The summed E-state index contributed by atoms with van der Waals surface area (Å²) in [6, 6.07) is 7.51. The monoisotopic (exact) mass is 295 g/mol. The first-order valence-electron chi connectivity index (χ1n) is 6.20. The van der Waals surface area contributed by atoms with Crippen molar-refractivity contribution in [2.45, 2.75) is 26.2 Å². The molecular weight excluding hydrogens is 278 g/mol. The summed E-state index contributed by atoms with van der Waals surface area (Å²) in [4.78, 5) is 11.9. The molecule has 0 spiro atoms. The van der Waals surface area contributed by atoms with Gasteiger partial charge in [-0.05, 0) is 36.5 Å². The third-order valence-electron chi connectivity index (χ3n) is 3.65.